The van der Waals surface area contributed by atoms with E-state index < -0.39 is 0 Å². The molecule has 0 radical (unpaired) electrons. The number of ketones is 1. The molecule has 0 spiro atoms. The van der Waals surface area contributed by atoms with E-state index >= 15 is 0 Å². The fourth-order valence-corrected chi connectivity index (χ4v) is 4.75. The molecule has 2 aromatic carbocycles. The van der Waals surface area contributed by atoms with Gasteiger partial charge in [-0.3, -0.25) is 4.79 Å². The number of aromatic hydroxyl groups is 1. The van der Waals surface area contributed by atoms with Crippen LogP contribution in [0.3, 0.4) is 0 Å². The van der Waals surface area contributed by atoms with E-state index in [1.165, 1.54) is 0 Å². The molecule has 1 aliphatic heterocycles. The number of aromatic nitrogens is 1. The maximum atomic E-state index is 13.5. The topological polar surface area (TPSA) is 84.6 Å². The summed E-state index contributed by atoms with van der Waals surface area (Å²) in [6, 6.07) is 15.4. The number of carbonyl (C=O) groups excluding carboxylic acids is 1. The zero-order valence-electron chi connectivity index (χ0n) is 17.5. The number of rotatable bonds is 4. The van der Waals surface area contributed by atoms with Crippen LogP contribution in [0.5, 0.6) is 11.5 Å². The molecule has 0 saturated heterocycles. The van der Waals surface area contributed by atoms with Crippen LogP contribution in [0.4, 0.5) is 5.88 Å². The second kappa shape index (κ2) is 7.61. The van der Waals surface area contributed by atoms with Gasteiger partial charge < -0.3 is 19.7 Å². The van der Waals surface area contributed by atoms with Crippen LogP contribution in [0, 0.1) is 6.92 Å². The molecule has 0 saturated carbocycles. The molecular weight excluding hydrogens is 392 g/mol. The summed E-state index contributed by atoms with van der Waals surface area (Å²) in [6.45, 7) is 4.19. The Kier molecular flexibility index (Phi) is 4.77. The predicted molar refractivity (Wildman–Crippen MR) is 116 cm³/mol. The van der Waals surface area contributed by atoms with Crippen LogP contribution in [-0.4, -0.2) is 22.7 Å². The van der Waals surface area contributed by atoms with Crippen molar-refractivity contribution in [1.29, 1.82) is 0 Å². The molecule has 6 heteroatoms. The molecule has 2 atom stereocenters. The van der Waals surface area contributed by atoms with Gasteiger partial charge >= 0.3 is 0 Å². The molecule has 1 aliphatic carbocycles. The lowest BCUT2D eigenvalue weighted by Crippen LogP contribution is -2.29. The highest BCUT2D eigenvalue weighted by Gasteiger charge is 2.41. The molecule has 5 rings (SSSR count). The Hall–Kier alpha value is -3.54. The number of benzene rings is 2. The number of fused-ring (bicyclic) bond motifs is 1. The number of phenolic OH excluding ortho intramolecular Hbond substituents is 1. The summed E-state index contributed by atoms with van der Waals surface area (Å²) < 4.78 is 11.2. The molecule has 1 aromatic heterocycles. The smallest absolute Gasteiger partial charge is 0.233 e. The molecule has 2 heterocycles. The van der Waals surface area contributed by atoms with Crippen LogP contribution in [0.2, 0.25) is 0 Å². The normalized spacial score (nSPS) is 20.1. The predicted octanol–water partition coefficient (Wildman–Crippen LogP) is 5.05. The van der Waals surface area contributed by atoms with E-state index in [9.17, 15) is 9.90 Å². The molecule has 2 N–H and O–H groups in total. The number of hydrogen-bond donors (Lipinski definition) is 2. The van der Waals surface area contributed by atoms with E-state index in [2.05, 4.69) is 22.6 Å². The number of allylic oxidation sites excluding steroid dienone is 2. The third-order valence-corrected chi connectivity index (χ3v) is 6.15. The van der Waals surface area contributed by atoms with Crippen LogP contribution in [-0.2, 0) is 4.79 Å². The van der Waals surface area contributed by atoms with E-state index in [1.807, 2.05) is 44.2 Å². The molecule has 0 fully saturated rings. The maximum Gasteiger partial charge on any atom is 0.233 e. The van der Waals surface area contributed by atoms with Gasteiger partial charge in [-0.25, -0.2) is 0 Å². The first-order chi connectivity index (χ1) is 15.1. The molecule has 6 nitrogen and oxygen atoms in total. The van der Waals surface area contributed by atoms with Gasteiger partial charge in [0.15, 0.2) is 17.3 Å². The first-order valence-corrected chi connectivity index (χ1v) is 10.6. The minimum Gasteiger partial charge on any atom is -0.504 e. The van der Waals surface area contributed by atoms with Crippen molar-refractivity contribution in [3.63, 3.8) is 0 Å². The summed E-state index contributed by atoms with van der Waals surface area (Å²) in [7, 11) is 0. The average molecular weight is 416 g/mol. The van der Waals surface area contributed by atoms with Crippen molar-refractivity contribution in [2.24, 2.45) is 0 Å². The van der Waals surface area contributed by atoms with Crippen molar-refractivity contribution >= 4 is 11.7 Å². The van der Waals surface area contributed by atoms with Gasteiger partial charge in [0, 0.05) is 23.6 Å². The van der Waals surface area contributed by atoms with Gasteiger partial charge in [-0.1, -0.05) is 41.6 Å². The number of carbonyl (C=O) groups is 1. The number of hydrogen-bond acceptors (Lipinski definition) is 6. The number of Topliss-reactive ketones (excluding diaryl/α,β-unsaturated/α-hetero) is 1. The van der Waals surface area contributed by atoms with E-state index in [4.69, 9.17) is 9.26 Å². The summed E-state index contributed by atoms with van der Waals surface area (Å²) >= 11 is 0. The fourth-order valence-electron chi connectivity index (χ4n) is 4.75. The highest BCUT2D eigenvalue weighted by Crippen LogP contribution is 2.49. The van der Waals surface area contributed by atoms with E-state index in [1.54, 1.807) is 6.07 Å². The van der Waals surface area contributed by atoms with Crippen molar-refractivity contribution < 1.29 is 19.2 Å². The van der Waals surface area contributed by atoms with Gasteiger partial charge in [0.25, 0.3) is 0 Å². The summed E-state index contributed by atoms with van der Waals surface area (Å²) in [5.41, 5.74) is 5.25. The van der Waals surface area contributed by atoms with E-state index in [-0.39, 0.29) is 23.4 Å². The van der Waals surface area contributed by atoms with Crippen molar-refractivity contribution in [3.8, 4) is 11.5 Å². The number of nitrogens with zero attached hydrogens (tertiary/aromatic N) is 1. The van der Waals surface area contributed by atoms with Crippen LogP contribution in [0.1, 0.15) is 54.0 Å². The second-order valence-corrected chi connectivity index (χ2v) is 8.06. The van der Waals surface area contributed by atoms with Crippen LogP contribution >= 0.6 is 0 Å². The zero-order chi connectivity index (χ0) is 21.5. The molecule has 3 aromatic rings. The third kappa shape index (κ3) is 3.28. The largest absolute Gasteiger partial charge is 0.504 e. The number of aryl methyl sites for hydroxylation is 1. The summed E-state index contributed by atoms with van der Waals surface area (Å²) in [5.74, 6) is 0.974. The molecule has 158 valence electrons. The van der Waals surface area contributed by atoms with Gasteiger partial charge in [-0.2, -0.15) is 0 Å². The van der Waals surface area contributed by atoms with E-state index in [0.717, 1.165) is 40.1 Å². The maximum absolute atomic E-state index is 13.5. The van der Waals surface area contributed by atoms with Crippen LogP contribution < -0.4 is 10.1 Å². The zero-order valence-corrected chi connectivity index (χ0v) is 17.5. The Bertz CT molecular complexity index is 1180. The molecular formula is C25H24N2O4. The second-order valence-electron chi connectivity index (χ2n) is 8.06. The number of nitrogens with one attached hydrogen (secondary N) is 1. The van der Waals surface area contributed by atoms with Gasteiger partial charge in [0.1, 0.15) is 0 Å². The quantitative estimate of drug-likeness (QED) is 0.619. The van der Waals surface area contributed by atoms with Gasteiger partial charge in [0.05, 0.1) is 17.9 Å². The minimum atomic E-state index is -0.318. The molecule has 0 unspecified atom stereocenters. The SMILES string of the molecule is CCOc1cc([C@@H]2C3=C(C[C@@H](c4ccccc4)CC3=O)Nc3onc(C)c32)ccc1O. The summed E-state index contributed by atoms with van der Waals surface area (Å²) in [4.78, 5) is 13.5. The van der Waals surface area contributed by atoms with Gasteiger partial charge in [0.2, 0.25) is 5.88 Å². The molecule has 31 heavy (non-hydrogen) atoms. The number of ether oxygens (including phenoxy) is 1. The highest BCUT2D eigenvalue weighted by atomic mass is 16.5. The number of phenols is 1. The lowest BCUT2D eigenvalue weighted by atomic mass is 9.72. The fraction of sp³-hybridized carbons (Fsp3) is 0.280. The van der Waals surface area contributed by atoms with Crippen molar-refractivity contribution in [2.45, 2.75) is 38.5 Å². The Balaban J connectivity index is 1.63. The monoisotopic (exact) mass is 416 g/mol. The van der Waals surface area contributed by atoms with Crippen LogP contribution in [0.25, 0.3) is 0 Å². The van der Waals surface area contributed by atoms with Crippen molar-refractivity contribution in [3.05, 3.63) is 82.2 Å². The Morgan fingerprint density at radius 2 is 1.97 bits per heavy atom. The van der Waals surface area contributed by atoms with Gasteiger partial charge in [-0.05, 0) is 49.4 Å². The molecule has 2 aliphatic rings. The van der Waals surface area contributed by atoms with Crippen molar-refractivity contribution in [2.75, 3.05) is 11.9 Å². The Morgan fingerprint density at radius 3 is 2.74 bits per heavy atom. The van der Waals surface area contributed by atoms with E-state index in [0.29, 0.717) is 24.7 Å². The molecule has 0 amide bonds. The Labute approximate surface area is 180 Å². The standard InChI is InChI=1S/C25H24N2O4/c1-3-30-21-13-16(9-10-19(21)28)23-22-14(2)27-31-25(22)26-18-11-17(12-20(29)24(18)23)15-7-5-4-6-8-15/h4-10,13,17,23,26,28H,3,11-12H2,1-2H3/t17-,23+/m1/s1. The molecule has 0 bridgehead atoms. The minimum absolute atomic E-state index is 0.0788. The third-order valence-electron chi connectivity index (χ3n) is 6.15. The summed E-state index contributed by atoms with van der Waals surface area (Å²) in [5, 5.41) is 17.7. The lowest BCUT2D eigenvalue weighted by Gasteiger charge is -2.34. The highest BCUT2D eigenvalue weighted by molar-refractivity contribution is 6.01. The first kappa shape index (κ1) is 19.4. The first-order valence-electron chi connectivity index (χ1n) is 10.6. The number of anilines is 1. The van der Waals surface area contributed by atoms with Crippen molar-refractivity contribution in [1.82, 2.24) is 5.16 Å². The van der Waals surface area contributed by atoms with Gasteiger partial charge in [-0.15, -0.1) is 0 Å². The van der Waals surface area contributed by atoms with Crippen LogP contribution in [0.15, 0.2) is 64.3 Å². The summed E-state index contributed by atoms with van der Waals surface area (Å²) in [6.07, 6.45) is 1.17. The lowest BCUT2D eigenvalue weighted by molar-refractivity contribution is -0.116. The average Bonchev–Trinajstić information content (AvgIpc) is 3.15. The Morgan fingerprint density at radius 1 is 1.16 bits per heavy atom.